The van der Waals surface area contributed by atoms with Crippen LogP contribution in [0.2, 0.25) is 0 Å². The summed E-state index contributed by atoms with van der Waals surface area (Å²) in [5.41, 5.74) is 3.24. The molecular formula is C30H38N4O7S. The van der Waals surface area contributed by atoms with E-state index in [1.165, 1.54) is 19.2 Å². The van der Waals surface area contributed by atoms with Crippen molar-refractivity contribution in [2.75, 3.05) is 13.7 Å². The summed E-state index contributed by atoms with van der Waals surface area (Å²) < 4.78 is 33.7. The van der Waals surface area contributed by atoms with Crippen molar-refractivity contribution in [2.45, 2.75) is 63.2 Å². The van der Waals surface area contributed by atoms with E-state index in [-0.39, 0.29) is 18.0 Å². The summed E-state index contributed by atoms with van der Waals surface area (Å²) in [4.78, 5) is 44.3. The van der Waals surface area contributed by atoms with Gasteiger partial charge in [-0.25, -0.2) is 13.9 Å². The first-order chi connectivity index (χ1) is 19.8. The monoisotopic (exact) mass is 598 g/mol. The summed E-state index contributed by atoms with van der Waals surface area (Å²) in [6.45, 7) is 6.94. The molecule has 0 radical (unpaired) electrons. The van der Waals surface area contributed by atoms with Gasteiger partial charge in [-0.1, -0.05) is 60.2 Å². The molecule has 0 aliphatic heterocycles. The fraction of sp³-hybridized carbons (Fsp3) is 0.367. The summed E-state index contributed by atoms with van der Waals surface area (Å²) in [6, 6.07) is 16.8. The molecule has 0 fully saturated rings. The van der Waals surface area contributed by atoms with E-state index >= 15 is 0 Å². The number of fused-ring (bicyclic) bond motifs is 1. The molecule has 0 unspecified atom stereocenters. The number of sulfonamides is 1. The molecule has 2 atom stereocenters. The average molecular weight is 599 g/mol. The Bertz CT molecular complexity index is 1500. The predicted molar refractivity (Wildman–Crippen MR) is 158 cm³/mol. The van der Waals surface area contributed by atoms with Crippen LogP contribution in [0.3, 0.4) is 0 Å². The molecule has 4 N–H and O–H groups in total. The zero-order chi connectivity index (χ0) is 30.9. The third-order valence-electron chi connectivity index (χ3n) is 6.11. The maximum Gasteiger partial charge on any atom is 0.245 e. The Balaban J connectivity index is 1.77. The van der Waals surface area contributed by atoms with Gasteiger partial charge in [0, 0.05) is 13.7 Å². The average Bonchev–Trinajstić information content (AvgIpc) is 2.94. The van der Waals surface area contributed by atoms with Gasteiger partial charge in [0.2, 0.25) is 27.7 Å². The normalized spacial score (nSPS) is 13.3. The smallest absolute Gasteiger partial charge is 0.245 e. The van der Waals surface area contributed by atoms with Gasteiger partial charge < -0.3 is 15.4 Å². The summed E-state index contributed by atoms with van der Waals surface area (Å²) in [7, 11) is -2.84. The van der Waals surface area contributed by atoms with Gasteiger partial charge in [0.15, 0.2) is 0 Å². The minimum absolute atomic E-state index is 0.0847. The molecule has 3 amide bonds. The van der Waals surface area contributed by atoms with Gasteiger partial charge in [-0.2, -0.15) is 4.72 Å². The minimum atomic E-state index is -4.21. The Morgan fingerprint density at radius 1 is 0.881 bits per heavy atom. The number of hydrogen-bond acceptors (Lipinski definition) is 7. The first-order valence-corrected chi connectivity index (χ1v) is 14.9. The highest BCUT2D eigenvalue weighted by molar-refractivity contribution is 7.89. The fourth-order valence-electron chi connectivity index (χ4n) is 3.97. The number of methoxy groups -OCH3 is 1. The van der Waals surface area contributed by atoms with Crippen LogP contribution in [0, 0.1) is 6.92 Å². The number of rotatable bonds is 13. The zero-order valence-corrected chi connectivity index (χ0v) is 25.2. The van der Waals surface area contributed by atoms with Gasteiger partial charge in [-0.3, -0.25) is 19.2 Å². The van der Waals surface area contributed by atoms with Crippen molar-refractivity contribution in [1.29, 1.82) is 0 Å². The number of amides is 3. The standard InChI is InChI=1S/C30H38N4O7S/c1-20-13-15-23(16-14-20)42(38,39)34-25(17-27(35)33-41-30(2,3)4)29(37)32-26(19-40-5)28(36)31-18-22-11-8-10-21-9-6-7-12-24(21)22/h6-16,25-26,34H,17-19H2,1-5H3,(H,31,36)(H,32,37)(H,33,35)/t25-,26-/m0/s1. The zero-order valence-electron chi connectivity index (χ0n) is 24.4. The molecular weight excluding hydrogens is 560 g/mol. The lowest BCUT2D eigenvalue weighted by molar-refractivity contribution is -0.147. The van der Waals surface area contributed by atoms with Crippen LogP contribution in [0.25, 0.3) is 10.8 Å². The number of ether oxygens (including phenoxy) is 1. The molecule has 0 aliphatic carbocycles. The molecule has 0 aromatic heterocycles. The van der Waals surface area contributed by atoms with Crippen molar-refractivity contribution < 1.29 is 32.4 Å². The topological polar surface area (TPSA) is 152 Å². The van der Waals surface area contributed by atoms with E-state index in [9.17, 15) is 22.8 Å². The number of carbonyl (C=O) groups excluding carboxylic acids is 3. The number of nitrogens with one attached hydrogen (secondary N) is 4. The van der Waals surface area contributed by atoms with E-state index in [1.807, 2.05) is 42.5 Å². The third kappa shape index (κ3) is 9.62. The van der Waals surface area contributed by atoms with E-state index in [0.29, 0.717) is 0 Å². The van der Waals surface area contributed by atoms with Gasteiger partial charge in [0.05, 0.1) is 23.5 Å². The molecule has 3 aromatic rings. The Labute approximate surface area is 246 Å². The van der Waals surface area contributed by atoms with E-state index in [1.54, 1.807) is 39.8 Å². The Kier molecular flexibility index (Phi) is 11.2. The van der Waals surface area contributed by atoms with Crippen molar-refractivity contribution in [3.05, 3.63) is 77.9 Å². The first kappa shape index (κ1) is 32.7. The molecule has 0 saturated carbocycles. The summed E-state index contributed by atoms with van der Waals surface area (Å²) >= 11 is 0. The highest BCUT2D eigenvalue weighted by Gasteiger charge is 2.31. The second-order valence-electron chi connectivity index (χ2n) is 10.8. The molecule has 0 saturated heterocycles. The second kappa shape index (κ2) is 14.4. The van der Waals surface area contributed by atoms with Crippen LogP contribution in [0.1, 0.15) is 38.3 Å². The van der Waals surface area contributed by atoms with Crippen molar-refractivity contribution in [3.63, 3.8) is 0 Å². The Morgan fingerprint density at radius 2 is 1.55 bits per heavy atom. The Hall–Kier alpha value is -3.84. The van der Waals surface area contributed by atoms with Gasteiger partial charge in [-0.15, -0.1) is 0 Å². The van der Waals surface area contributed by atoms with Gasteiger partial charge in [0.1, 0.15) is 12.1 Å². The van der Waals surface area contributed by atoms with E-state index in [2.05, 4.69) is 20.8 Å². The van der Waals surface area contributed by atoms with Crippen molar-refractivity contribution in [2.24, 2.45) is 0 Å². The lowest BCUT2D eigenvalue weighted by atomic mass is 10.0. The molecule has 3 aromatic carbocycles. The maximum atomic E-state index is 13.4. The quantitative estimate of drug-likeness (QED) is 0.221. The lowest BCUT2D eigenvalue weighted by Gasteiger charge is -2.24. The number of carbonyl (C=O) groups is 3. The molecule has 11 nitrogen and oxygen atoms in total. The van der Waals surface area contributed by atoms with Crippen LogP contribution in [0.5, 0.6) is 0 Å². The SMILES string of the molecule is COC[C@H](NC(=O)[C@H](CC(=O)NOC(C)(C)C)NS(=O)(=O)c1ccc(C)cc1)C(=O)NCc1cccc2ccccc12. The lowest BCUT2D eigenvalue weighted by Crippen LogP contribution is -2.56. The summed E-state index contributed by atoms with van der Waals surface area (Å²) in [5, 5.41) is 7.32. The third-order valence-corrected chi connectivity index (χ3v) is 7.59. The molecule has 0 aliphatic rings. The number of hydrogen-bond donors (Lipinski definition) is 4. The highest BCUT2D eigenvalue weighted by Crippen LogP contribution is 2.18. The van der Waals surface area contributed by atoms with Crippen LogP contribution in [-0.2, 0) is 40.5 Å². The van der Waals surface area contributed by atoms with Crippen LogP contribution in [0.4, 0.5) is 0 Å². The van der Waals surface area contributed by atoms with Crippen molar-refractivity contribution >= 4 is 38.5 Å². The summed E-state index contributed by atoms with van der Waals surface area (Å²) in [6.07, 6.45) is -0.593. The number of benzene rings is 3. The van der Waals surface area contributed by atoms with Crippen LogP contribution in [-0.4, -0.2) is 57.5 Å². The number of hydroxylamine groups is 1. The van der Waals surface area contributed by atoms with E-state index in [4.69, 9.17) is 9.57 Å². The number of aryl methyl sites for hydroxylation is 1. The molecule has 42 heavy (non-hydrogen) atoms. The largest absolute Gasteiger partial charge is 0.382 e. The van der Waals surface area contributed by atoms with E-state index < -0.39 is 51.9 Å². The van der Waals surface area contributed by atoms with Gasteiger partial charge in [0.25, 0.3) is 0 Å². The van der Waals surface area contributed by atoms with E-state index in [0.717, 1.165) is 21.9 Å². The van der Waals surface area contributed by atoms with Crippen molar-refractivity contribution in [3.8, 4) is 0 Å². The second-order valence-corrected chi connectivity index (χ2v) is 12.5. The first-order valence-electron chi connectivity index (χ1n) is 13.4. The van der Waals surface area contributed by atoms with Gasteiger partial charge >= 0.3 is 0 Å². The van der Waals surface area contributed by atoms with Crippen LogP contribution >= 0.6 is 0 Å². The maximum absolute atomic E-state index is 13.4. The summed E-state index contributed by atoms with van der Waals surface area (Å²) in [5.74, 6) is -2.17. The fourth-order valence-corrected chi connectivity index (χ4v) is 5.17. The molecule has 12 heteroatoms. The molecule has 0 bridgehead atoms. The highest BCUT2D eigenvalue weighted by atomic mass is 32.2. The molecule has 226 valence electrons. The molecule has 0 spiro atoms. The van der Waals surface area contributed by atoms with Gasteiger partial charge in [-0.05, 0) is 56.2 Å². The van der Waals surface area contributed by atoms with Crippen molar-refractivity contribution in [1.82, 2.24) is 20.8 Å². The van der Waals surface area contributed by atoms with Crippen LogP contribution < -0.4 is 20.8 Å². The molecule has 0 heterocycles. The molecule has 3 rings (SSSR count). The Morgan fingerprint density at radius 3 is 2.21 bits per heavy atom. The minimum Gasteiger partial charge on any atom is -0.382 e. The van der Waals surface area contributed by atoms with Crippen LogP contribution in [0.15, 0.2) is 71.6 Å². The predicted octanol–water partition coefficient (Wildman–Crippen LogP) is 2.48.